The van der Waals surface area contributed by atoms with Crippen molar-refractivity contribution >= 4 is 19.2 Å². The molecule has 1 spiro atoms. The lowest BCUT2D eigenvalue weighted by molar-refractivity contribution is -0.0778. The molecule has 0 bridgehead atoms. The molecule has 7 atom stereocenters. The number of nitriles is 1. The van der Waals surface area contributed by atoms with Crippen LogP contribution in [0.15, 0.2) is 42.7 Å². The first kappa shape index (κ1) is 45.1. The van der Waals surface area contributed by atoms with E-state index in [4.69, 9.17) is 29.0 Å². The molecular weight excluding hydrogens is 756 g/mol. The maximum absolute atomic E-state index is 13.8. The fourth-order valence-corrected chi connectivity index (χ4v) is 8.58. The number of halogens is 1. The van der Waals surface area contributed by atoms with Crippen LogP contribution in [-0.2, 0) is 40.0 Å². The average Bonchev–Trinajstić information content (AvgIpc) is 3.57. The summed E-state index contributed by atoms with van der Waals surface area (Å²) < 4.78 is 56.9. The third-order valence-electron chi connectivity index (χ3n) is 11.0. The van der Waals surface area contributed by atoms with Crippen LogP contribution in [-0.4, -0.2) is 79.5 Å². The first-order chi connectivity index (χ1) is 27.5. The molecule has 0 radical (unpaired) electrons. The van der Waals surface area contributed by atoms with Gasteiger partial charge in [-0.3, -0.25) is 9.05 Å². The SMILES string of the molecule is CCCCCCCCCCCCCCCCCCOC[C@H](COP(=O)(O)O[C@@H]1C[C@@]12O[C@@](C#N)(c1ccc3c(N)ncnn13)[C@H](O)[C@@H]2O)OCc1cccc(F)c1. The van der Waals surface area contributed by atoms with Crippen molar-refractivity contribution in [3.63, 3.8) is 0 Å². The van der Waals surface area contributed by atoms with Gasteiger partial charge in [0, 0.05) is 13.0 Å². The van der Waals surface area contributed by atoms with Crippen LogP contribution in [0.4, 0.5) is 10.2 Å². The summed E-state index contributed by atoms with van der Waals surface area (Å²) in [6.45, 7) is 2.40. The molecule has 3 aromatic rings. The summed E-state index contributed by atoms with van der Waals surface area (Å²) >= 11 is 0. The second-order valence-electron chi connectivity index (χ2n) is 15.5. The second kappa shape index (κ2) is 21.8. The third kappa shape index (κ3) is 12.3. The van der Waals surface area contributed by atoms with Gasteiger partial charge in [-0.15, -0.1) is 0 Å². The normalized spacial score (nSPS) is 24.5. The lowest BCUT2D eigenvalue weighted by Crippen LogP contribution is -2.41. The van der Waals surface area contributed by atoms with Crippen LogP contribution in [0, 0.1) is 17.1 Å². The number of phosphoric ester groups is 1. The number of ether oxygens (including phenoxy) is 3. The van der Waals surface area contributed by atoms with Gasteiger partial charge >= 0.3 is 7.82 Å². The van der Waals surface area contributed by atoms with Gasteiger partial charge in [-0.05, 0) is 36.2 Å². The number of nitrogens with two attached hydrogens (primary N) is 1. The minimum Gasteiger partial charge on any atom is -0.387 e. The Balaban J connectivity index is 1.03. The molecule has 316 valence electrons. The molecule has 2 aliphatic rings. The Morgan fingerprint density at radius 2 is 1.63 bits per heavy atom. The van der Waals surface area contributed by atoms with Crippen LogP contribution >= 0.6 is 7.82 Å². The fourth-order valence-electron chi connectivity index (χ4n) is 7.59. The highest BCUT2D eigenvalue weighted by molar-refractivity contribution is 7.47. The number of nitrogen functional groups attached to an aromatic ring is 1. The molecule has 1 saturated heterocycles. The van der Waals surface area contributed by atoms with E-state index in [1.165, 1.54) is 113 Å². The maximum Gasteiger partial charge on any atom is 0.472 e. The molecule has 1 unspecified atom stereocenters. The van der Waals surface area contributed by atoms with Crippen molar-refractivity contribution in [1.29, 1.82) is 5.26 Å². The second-order valence-corrected chi connectivity index (χ2v) is 16.9. The van der Waals surface area contributed by atoms with Crippen LogP contribution in [0.3, 0.4) is 0 Å². The van der Waals surface area contributed by atoms with Crippen molar-refractivity contribution in [2.75, 3.05) is 25.6 Å². The van der Waals surface area contributed by atoms with Crippen molar-refractivity contribution < 1.29 is 47.3 Å². The molecule has 57 heavy (non-hydrogen) atoms. The van der Waals surface area contributed by atoms with Crippen molar-refractivity contribution in [3.05, 3.63) is 59.8 Å². The molecule has 2 fully saturated rings. The number of aromatic nitrogens is 3. The molecule has 1 saturated carbocycles. The van der Waals surface area contributed by atoms with Crippen LogP contribution < -0.4 is 5.73 Å². The molecule has 1 aliphatic carbocycles. The summed E-state index contributed by atoms with van der Waals surface area (Å²) in [6, 6.07) is 10.9. The van der Waals surface area contributed by atoms with Gasteiger partial charge in [0.2, 0.25) is 5.60 Å². The molecule has 3 heterocycles. The Morgan fingerprint density at radius 3 is 2.26 bits per heavy atom. The van der Waals surface area contributed by atoms with Gasteiger partial charge in [0.15, 0.2) is 5.82 Å². The van der Waals surface area contributed by atoms with E-state index in [-0.39, 0.29) is 31.1 Å². The zero-order valence-electron chi connectivity index (χ0n) is 33.2. The number of hydrogen-bond acceptors (Lipinski definition) is 12. The number of aliphatic hydroxyl groups excluding tert-OH is 2. The summed E-state index contributed by atoms with van der Waals surface area (Å²) in [5.74, 6) is -0.290. The van der Waals surface area contributed by atoms with Gasteiger partial charge in [-0.1, -0.05) is 115 Å². The molecular formula is C41H61FN5O9P. The van der Waals surface area contributed by atoms with Gasteiger partial charge in [0.05, 0.1) is 25.5 Å². The summed E-state index contributed by atoms with van der Waals surface area (Å²) in [4.78, 5) is 14.7. The van der Waals surface area contributed by atoms with Crippen molar-refractivity contribution in [2.24, 2.45) is 0 Å². The minimum absolute atomic E-state index is 0.00959. The number of rotatable bonds is 28. The summed E-state index contributed by atoms with van der Waals surface area (Å²) in [7, 11) is -4.80. The first-order valence-electron chi connectivity index (χ1n) is 20.7. The predicted octanol–water partition coefficient (Wildman–Crippen LogP) is 7.43. The molecule has 5 N–H and O–H groups in total. The summed E-state index contributed by atoms with van der Waals surface area (Å²) in [5, 5.41) is 36.6. The topological polar surface area (TPSA) is 204 Å². The largest absolute Gasteiger partial charge is 0.472 e. The number of benzene rings is 1. The zero-order valence-corrected chi connectivity index (χ0v) is 34.1. The van der Waals surface area contributed by atoms with Crippen LogP contribution in [0.5, 0.6) is 0 Å². The fraction of sp³-hybridized carbons (Fsp3) is 0.683. The Morgan fingerprint density at radius 1 is 0.982 bits per heavy atom. The number of aliphatic hydroxyl groups is 2. The molecule has 14 nitrogen and oxygen atoms in total. The number of hydrogen-bond donors (Lipinski definition) is 4. The van der Waals surface area contributed by atoms with Crippen LogP contribution in [0.1, 0.15) is 127 Å². The van der Waals surface area contributed by atoms with Crippen LogP contribution in [0.2, 0.25) is 0 Å². The third-order valence-corrected chi connectivity index (χ3v) is 12.0. The van der Waals surface area contributed by atoms with E-state index in [0.29, 0.717) is 17.7 Å². The van der Waals surface area contributed by atoms with Crippen molar-refractivity contribution in [1.82, 2.24) is 14.6 Å². The Hall–Kier alpha value is -3.03. The van der Waals surface area contributed by atoms with Crippen molar-refractivity contribution in [3.8, 4) is 6.07 Å². The van der Waals surface area contributed by atoms with Crippen molar-refractivity contribution in [2.45, 2.75) is 158 Å². The maximum atomic E-state index is 13.8. The van der Waals surface area contributed by atoms with E-state index in [1.54, 1.807) is 18.2 Å². The highest BCUT2D eigenvalue weighted by Crippen LogP contribution is 2.62. The number of phosphoric acid groups is 1. The molecule has 2 aromatic heterocycles. The van der Waals surface area contributed by atoms with Gasteiger partial charge in [0.25, 0.3) is 0 Å². The van der Waals surface area contributed by atoms with Gasteiger partial charge in [-0.2, -0.15) is 10.4 Å². The highest BCUT2D eigenvalue weighted by Gasteiger charge is 2.76. The van der Waals surface area contributed by atoms with E-state index in [9.17, 15) is 29.3 Å². The van der Waals surface area contributed by atoms with E-state index >= 15 is 0 Å². The molecule has 1 aromatic carbocycles. The molecule has 5 rings (SSSR count). The van der Waals surface area contributed by atoms with Gasteiger partial charge in [0.1, 0.15) is 53.7 Å². The molecule has 16 heteroatoms. The molecule has 0 amide bonds. The summed E-state index contributed by atoms with van der Waals surface area (Å²) in [5.41, 5.74) is 3.16. The Bertz CT molecular complexity index is 1780. The van der Waals surface area contributed by atoms with Gasteiger partial charge < -0.3 is 35.1 Å². The highest BCUT2D eigenvalue weighted by atomic mass is 31.2. The predicted molar refractivity (Wildman–Crippen MR) is 211 cm³/mol. The first-order valence-corrected chi connectivity index (χ1v) is 22.2. The zero-order chi connectivity index (χ0) is 40.7. The Labute approximate surface area is 335 Å². The number of fused-ring (bicyclic) bond motifs is 1. The summed E-state index contributed by atoms with van der Waals surface area (Å²) in [6.07, 6.45) is 15.9. The average molecular weight is 818 g/mol. The number of nitrogens with zero attached hydrogens (tertiary/aromatic N) is 4. The number of unbranched alkanes of at least 4 members (excludes halogenated alkanes) is 15. The monoisotopic (exact) mass is 817 g/mol. The number of anilines is 1. The minimum atomic E-state index is -4.80. The Kier molecular flexibility index (Phi) is 17.3. The molecule has 1 aliphatic heterocycles. The van der Waals surface area contributed by atoms with E-state index in [1.807, 2.05) is 6.07 Å². The smallest absolute Gasteiger partial charge is 0.387 e. The van der Waals surface area contributed by atoms with Crippen LogP contribution in [0.25, 0.3) is 5.52 Å². The van der Waals surface area contributed by atoms with Gasteiger partial charge in [-0.25, -0.2) is 18.5 Å². The standard InChI is InChI=1S/C41H61FN5O9P/c1-2-3-4-5-6-7-8-9-10-11-12-13-14-15-16-17-23-52-27-33(53-26-31-19-18-20-32(42)24-31)28-54-57(50,51)55-36-25-40(36)37(48)38(49)41(29-43,56-40)35-22-21-34-39(44)45-30-46-47(34)35/h18-22,24,30,33,36-38,48-49H,2-17,23,25-28H2,1H3,(H,50,51)(H2,44,45,46)/t33-,36-,37+,38-,40-,41+/m1/s1. The quantitative estimate of drug-likeness (QED) is 0.0416. The lowest BCUT2D eigenvalue weighted by atomic mass is 9.92. The van der Waals surface area contributed by atoms with E-state index < -0.39 is 55.9 Å². The van der Waals surface area contributed by atoms with E-state index in [0.717, 1.165) is 19.3 Å². The van der Waals surface area contributed by atoms with E-state index in [2.05, 4.69) is 17.0 Å². The lowest BCUT2D eigenvalue weighted by Gasteiger charge is -2.24.